The van der Waals surface area contributed by atoms with Crippen LogP contribution in [-0.2, 0) is 28.6 Å². The third-order valence-electron chi connectivity index (χ3n) is 8.98. The third-order valence-corrected chi connectivity index (χ3v) is 9.30. The van der Waals surface area contributed by atoms with Gasteiger partial charge in [-0.3, -0.25) is 9.80 Å². The van der Waals surface area contributed by atoms with Crippen LogP contribution in [0.25, 0.3) is 4.85 Å². The van der Waals surface area contributed by atoms with Crippen LogP contribution < -0.4 is 14.5 Å². The largest absolute Gasteiger partial charge is 0.462 e. The molecular weight excluding hydrogens is 651 g/mol. The second-order valence-corrected chi connectivity index (χ2v) is 13.7. The van der Waals surface area contributed by atoms with E-state index >= 15 is 0 Å². The minimum atomic E-state index is -4.64. The fourth-order valence-electron chi connectivity index (χ4n) is 6.69. The first-order valence-corrected chi connectivity index (χ1v) is 16.6. The van der Waals surface area contributed by atoms with Gasteiger partial charge in [-0.05, 0) is 52.3 Å². The van der Waals surface area contributed by atoms with Gasteiger partial charge >= 0.3 is 18.3 Å². The zero-order chi connectivity index (χ0) is 34.8. The van der Waals surface area contributed by atoms with E-state index < -0.39 is 29.5 Å². The molecule has 0 bridgehead atoms. The molecule has 1 aromatic heterocycles. The van der Waals surface area contributed by atoms with Crippen LogP contribution in [0.1, 0.15) is 50.9 Å². The molecule has 0 saturated carbocycles. The van der Waals surface area contributed by atoms with Gasteiger partial charge in [-0.2, -0.15) is 23.1 Å². The number of alkyl halides is 3. The van der Waals surface area contributed by atoms with Gasteiger partial charge in [0.1, 0.15) is 24.1 Å². The van der Waals surface area contributed by atoms with Crippen LogP contribution >= 0.6 is 11.6 Å². The minimum Gasteiger partial charge on any atom is -0.462 e. The van der Waals surface area contributed by atoms with E-state index in [9.17, 15) is 18.0 Å². The van der Waals surface area contributed by atoms with Gasteiger partial charge in [-0.25, -0.2) is 11.4 Å². The number of amides is 1. The molecule has 1 amide bonds. The number of piperazine rings is 1. The first-order chi connectivity index (χ1) is 22.7. The van der Waals surface area contributed by atoms with Crippen molar-refractivity contribution in [2.45, 2.75) is 77.0 Å². The Kier molecular flexibility index (Phi) is 10.8. The Morgan fingerprint density at radius 1 is 1.10 bits per heavy atom. The highest BCUT2D eigenvalue weighted by molar-refractivity contribution is 6.31. The predicted molar refractivity (Wildman–Crippen MR) is 176 cm³/mol. The summed E-state index contributed by atoms with van der Waals surface area (Å²) in [5.41, 5.74) is -0.224. The normalized spacial score (nSPS) is 22.0. The van der Waals surface area contributed by atoms with E-state index in [1.54, 1.807) is 37.7 Å². The fourth-order valence-corrected chi connectivity index (χ4v) is 6.96. The van der Waals surface area contributed by atoms with Crippen molar-refractivity contribution in [2.24, 2.45) is 0 Å². The monoisotopic (exact) mass is 693 g/mol. The number of benzene rings is 1. The van der Waals surface area contributed by atoms with E-state index in [1.165, 1.54) is 18.2 Å². The van der Waals surface area contributed by atoms with Gasteiger partial charge in [0.05, 0.1) is 34.6 Å². The second kappa shape index (κ2) is 14.5. The Morgan fingerprint density at radius 2 is 1.88 bits per heavy atom. The van der Waals surface area contributed by atoms with E-state index in [2.05, 4.69) is 16.7 Å². The highest BCUT2D eigenvalue weighted by Crippen LogP contribution is 2.43. The number of likely N-dealkylation sites (N-methyl/N-ethyl adjacent to an activating group) is 1. The molecule has 262 valence electrons. The molecule has 4 heterocycles. The third kappa shape index (κ3) is 8.01. The standard InChI is InChI=1S/C33H43ClF3N7O4/c1-7-41-18-23(46-6)15-21(41)20-47-30-39-26-19-42(27-10-8-9-25(34)28(27)33(35,36)37)12-11-24(26)29(40-30)43-13-14-44(22(17-43)16-38-5)31(45)48-32(2,3)4/h8-10,21-23H,7,11-20H2,1-4,6H3/t21-,22-,23+/m0/s1. The molecule has 0 spiro atoms. The van der Waals surface area contributed by atoms with Crippen LogP contribution in [-0.4, -0.2) is 109 Å². The summed E-state index contributed by atoms with van der Waals surface area (Å²) in [6.45, 7) is 18.4. The highest BCUT2D eigenvalue weighted by Gasteiger charge is 2.40. The first kappa shape index (κ1) is 35.8. The van der Waals surface area contributed by atoms with Crippen LogP contribution in [0.3, 0.4) is 0 Å². The molecule has 3 aliphatic heterocycles. The number of ether oxygens (including phenoxy) is 3. The number of fused-ring (bicyclic) bond motifs is 1. The van der Waals surface area contributed by atoms with E-state index in [4.69, 9.17) is 42.4 Å². The van der Waals surface area contributed by atoms with E-state index in [0.29, 0.717) is 44.2 Å². The van der Waals surface area contributed by atoms with Crippen molar-refractivity contribution in [3.8, 4) is 6.01 Å². The number of methoxy groups -OCH3 is 1. The number of hydrogen-bond acceptors (Lipinski definition) is 9. The van der Waals surface area contributed by atoms with Crippen molar-refractivity contribution in [1.29, 1.82) is 0 Å². The fraction of sp³-hybridized carbons (Fsp3) is 0.636. The van der Waals surface area contributed by atoms with Gasteiger partial charge in [0.2, 0.25) is 6.54 Å². The minimum absolute atomic E-state index is 0.0125. The highest BCUT2D eigenvalue weighted by atomic mass is 35.5. The Bertz CT molecular complexity index is 1520. The van der Waals surface area contributed by atoms with Crippen LogP contribution in [0.2, 0.25) is 5.02 Å². The van der Waals surface area contributed by atoms with Crippen LogP contribution in [0.4, 0.5) is 29.5 Å². The van der Waals surface area contributed by atoms with Gasteiger partial charge < -0.3 is 28.9 Å². The molecule has 2 aromatic rings. The molecule has 3 atom stereocenters. The summed E-state index contributed by atoms with van der Waals surface area (Å²) >= 11 is 6.07. The van der Waals surface area contributed by atoms with Gasteiger partial charge in [0, 0.05) is 51.4 Å². The predicted octanol–water partition coefficient (Wildman–Crippen LogP) is 5.54. The smallest absolute Gasteiger partial charge is 0.419 e. The molecule has 15 heteroatoms. The number of nitrogens with zero attached hydrogens (tertiary/aromatic N) is 7. The Labute approximate surface area is 284 Å². The summed E-state index contributed by atoms with van der Waals surface area (Å²) in [5, 5.41) is -0.363. The lowest BCUT2D eigenvalue weighted by molar-refractivity contribution is -0.137. The molecule has 0 aliphatic carbocycles. The second-order valence-electron chi connectivity index (χ2n) is 13.3. The number of aromatic nitrogens is 2. The van der Waals surface area contributed by atoms with Crippen molar-refractivity contribution in [2.75, 3.05) is 69.3 Å². The molecule has 48 heavy (non-hydrogen) atoms. The number of rotatable bonds is 8. The SMILES string of the molecule is [C-]#[N+]C[C@H]1CN(c2nc(OC[C@@H]3C[C@@H](OC)CN3CC)nc3c2CCN(c2cccc(Cl)c2C(F)(F)F)C3)CCN1C(=O)OC(C)(C)C. The molecule has 5 rings (SSSR count). The topological polar surface area (TPSA) is 87.9 Å². The number of anilines is 2. The Balaban J connectivity index is 1.47. The van der Waals surface area contributed by atoms with Crippen molar-refractivity contribution in [3.05, 3.63) is 51.5 Å². The molecule has 0 unspecified atom stereocenters. The van der Waals surface area contributed by atoms with E-state index in [-0.39, 0.29) is 48.5 Å². The average molecular weight is 694 g/mol. The molecule has 3 aliphatic rings. The van der Waals surface area contributed by atoms with Crippen molar-refractivity contribution >= 4 is 29.2 Å². The molecule has 0 radical (unpaired) electrons. The molecule has 2 fully saturated rings. The van der Waals surface area contributed by atoms with E-state index in [1.807, 2.05) is 4.90 Å². The molecule has 2 saturated heterocycles. The van der Waals surface area contributed by atoms with Gasteiger partial charge in [-0.15, -0.1) is 0 Å². The number of carbonyl (C=O) groups excluding carboxylic acids is 1. The number of carbonyl (C=O) groups is 1. The van der Waals surface area contributed by atoms with Crippen LogP contribution in [0.15, 0.2) is 18.2 Å². The summed E-state index contributed by atoms with van der Waals surface area (Å²) in [5.74, 6) is 0.601. The number of likely N-dealkylation sites (tertiary alicyclic amines) is 1. The lowest BCUT2D eigenvalue weighted by Gasteiger charge is -2.41. The lowest BCUT2D eigenvalue weighted by Crippen LogP contribution is -2.57. The zero-order valence-electron chi connectivity index (χ0n) is 28.0. The van der Waals surface area contributed by atoms with Gasteiger partial charge in [0.15, 0.2) is 0 Å². The molecule has 1 aromatic carbocycles. The zero-order valence-corrected chi connectivity index (χ0v) is 28.8. The van der Waals surface area contributed by atoms with E-state index in [0.717, 1.165) is 25.1 Å². The van der Waals surface area contributed by atoms with Crippen LogP contribution in [0, 0.1) is 6.57 Å². The molecule has 0 N–H and O–H groups in total. The van der Waals surface area contributed by atoms with Gasteiger partial charge in [0.25, 0.3) is 0 Å². The maximum absolute atomic E-state index is 14.1. The Hall–Kier alpha value is -3.54. The summed E-state index contributed by atoms with van der Waals surface area (Å²) < 4.78 is 59.9. The molecule has 11 nitrogen and oxygen atoms in total. The summed E-state index contributed by atoms with van der Waals surface area (Å²) in [4.78, 5) is 33.8. The quantitative estimate of drug-likeness (QED) is 0.331. The van der Waals surface area contributed by atoms with Crippen LogP contribution in [0.5, 0.6) is 6.01 Å². The van der Waals surface area contributed by atoms with Crippen molar-refractivity contribution in [3.63, 3.8) is 0 Å². The summed E-state index contributed by atoms with van der Waals surface area (Å²) in [6, 6.07) is 3.94. The number of hydrogen-bond donors (Lipinski definition) is 0. The maximum atomic E-state index is 14.1. The lowest BCUT2D eigenvalue weighted by atomic mass is 10.0. The summed E-state index contributed by atoms with van der Waals surface area (Å²) in [7, 11) is 1.69. The average Bonchev–Trinajstić information content (AvgIpc) is 3.44. The van der Waals surface area contributed by atoms with Gasteiger partial charge in [-0.1, -0.05) is 24.6 Å². The first-order valence-electron chi connectivity index (χ1n) is 16.2. The maximum Gasteiger partial charge on any atom is 0.419 e. The number of halogens is 4. The van der Waals surface area contributed by atoms with Crippen molar-refractivity contribution < 1.29 is 32.2 Å². The molecular formula is C33H43ClF3N7O4. The summed E-state index contributed by atoms with van der Waals surface area (Å²) in [6.07, 6.45) is -3.87. The Morgan fingerprint density at radius 3 is 2.54 bits per heavy atom. The van der Waals surface area contributed by atoms with Crippen molar-refractivity contribution in [1.82, 2.24) is 19.8 Å².